The van der Waals surface area contributed by atoms with E-state index in [9.17, 15) is 4.79 Å². The van der Waals surface area contributed by atoms with Gasteiger partial charge in [0.2, 0.25) is 0 Å². The SMILES string of the molecule is COC(=O)c1ccc(Cc2nc3ccccc3o2)cc1. The van der Waals surface area contributed by atoms with Gasteiger partial charge < -0.3 is 9.15 Å². The average Bonchev–Trinajstić information content (AvgIpc) is 2.89. The second-order valence-corrected chi connectivity index (χ2v) is 4.44. The van der Waals surface area contributed by atoms with Crippen LogP contribution in [-0.4, -0.2) is 18.1 Å². The Morgan fingerprint density at radius 1 is 1.15 bits per heavy atom. The number of ether oxygens (including phenoxy) is 1. The number of esters is 1. The molecule has 20 heavy (non-hydrogen) atoms. The molecule has 0 amide bonds. The fraction of sp³-hybridized carbons (Fsp3) is 0.125. The Kier molecular flexibility index (Phi) is 3.21. The minimum absolute atomic E-state index is 0.335. The van der Waals surface area contributed by atoms with Crippen LogP contribution >= 0.6 is 0 Å². The van der Waals surface area contributed by atoms with Crippen molar-refractivity contribution in [1.82, 2.24) is 4.98 Å². The molecule has 4 heteroatoms. The first-order chi connectivity index (χ1) is 9.76. The van der Waals surface area contributed by atoms with Crippen LogP contribution in [0.4, 0.5) is 0 Å². The number of carbonyl (C=O) groups is 1. The number of para-hydroxylation sites is 2. The van der Waals surface area contributed by atoms with Crippen LogP contribution in [0.1, 0.15) is 21.8 Å². The van der Waals surface area contributed by atoms with Gasteiger partial charge in [0.15, 0.2) is 11.5 Å². The first-order valence-corrected chi connectivity index (χ1v) is 6.28. The van der Waals surface area contributed by atoms with E-state index in [0.29, 0.717) is 17.9 Å². The third-order valence-electron chi connectivity index (χ3n) is 3.07. The van der Waals surface area contributed by atoms with Crippen LogP contribution in [0.5, 0.6) is 0 Å². The van der Waals surface area contributed by atoms with Crippen molar-refractivity contribution in [2.75, 3.05) is 7.11 Å². The fourth-order valence-corrected chi connectivity index (χ4v) is 2.05. The summed E-state index contributed by atoms with van der Waals surface area (Å²) < 4.78 is 10.3. The lowest BCUT2D eigenvalue weighted by Crippen LogP contribution is -2.01. The highest BCUT2D eigenvalue weighted by atomic mass is 16.5. The largest absolute Gasteiger partial charge is 0.465 e. The van der Waals surface area contributed by atoms with Gasteiger partial charge in [0, 0.05) is 6.42 Å². The minimum Gasteiger partial charge on any atom is -0.465 e. The van der Waals surface area contributed by atoms with E-state index in [1.165, 1.54) is 7.11 Å². The lowest BCUT2D eigenvalue weighted by Gasteiger charge is -2.00. The zero-order valence-corrected chi connectivity index (χ0v) is 11.0. The van der Waals surface area contributed by atoms with E-state index in [-0.39, 0.29) is 5.97 Å². The quantitative estimate of drug-likeness (QED) is 0.684. The van der Waals surface area contributed by atoms with Crippen molar-refractivity contribution < 1.29 is 13.9 Å². The molecule has 0 aliphatic rings. The molecular formula is C16H13NO3. The van der Waals surface area contributed by atoms with E-state index >= 15 is 0 Å². The summed E-state index contributed by atoms with van der Waals surface area (Å²) in [5, 5.41) is 0. The first-order valence-electron chi connectivity index (χ1n) is 6.28. The molecule has 1 heterocycles. The van der Waals surface area contributed by atoms with Gasteiger partial charge in [-0.25, -0.2) is 9.78 Å². The summed E-state index contributed by atoms with van der Waals surface area (Å²) in [5.41, 5.74) is 3.21. The van der Waals surface area contributed by atoms with Crippen molar-refractivity contribution in [3.63, 3.8) is 0 Å². The number of nitrogens with zero attached hydrogens (tertiary/aromatic N) is 1. The van der Waals surface area contributed by atoms with E-state index in [2.05, 4.69) is 9.72 Å². The molecule has 0 atom stereocenters. The topological polar surface area (TPSA) is 52.3 Å². The van der Waals surface area contributed by atoms with E-state index in [1.807, 2.05) is 36.4 Å². The van der Waals surface area contributed by atoms with Crippen LogP contribution in [0.3, 0.4) is 0 Å². The number of oxazole rings is 1. The maximum absolute atomic E-state index is 11.3. The smallest absolute Gasteiger partial charge is 0.337 e. The van der Waals surface area contributed by atoms with Gasteiger partial charge in [-0.1, -0.05) is 24.3 Å². The molecule has 3 aromatic rings. The number of rotatable bonds is 3. The lowest BCUT2D eigenvalue weighted by molar-refractivity contribution is 0.0600. The molecule has 0 radical (unpaired) electrons. The van der Waals surface area contributed by atoms with Gasteiger partial charge in [0.05, 0.1) is 12.7 Å². The van der Waals surface area contributed by atoms with Gasteiger partial charge in [0.1, 0.15) is 5.52 Å². The Bertz CT molecular complexity index is 711. The molecule has 0 saturated carbocycles. The number of hydrogen-bond donors (Lipinski definition) is 0. The zero-order chi connectivity index (χ0) is 13.9. The zero-order valence-electron chi connectivity index (χ0n) is 11.0. The predicted octanol–water partition coefficient (Wildman–Crippen LogP) is 3.21. The summed E-state index contributed by atoms with van der Waals surface area (Å²) in [6.45, 7) is 0. The molecule has 0 aliphatic carbocycles. The predicted molar refractivity (Wildman–Crippen MR) is 74.6 cm³/mol. The number of fused-ring (bicyclic) bond motifs is 1. The third-order valence-corrected chi connectivity index (χ3v) is 3.07. The number of aromatic nitrogens is 1. The van der Waals surface area contributed by atoms with E-state index in [4.69, 9.17) is 4.42 Å². The third kappa shape index (κ3) is 2.40. The van der Waals surface area contributed by atoms with Crippen LogP contribution in [0, 0.1) is 0 Å². The summed E-state index contributed by atoms with van der Waals surface area (Å²) >= 11 is 0. The van der Waals surface area contributed by atoms with Crippen LogP contribution in [0.2, 0.25) is 0 Å². The van der Waals surface area contributed by atoms with Crippen molar-refractivity contribution in [2.24, 2.45) is 0 Å². The Morgan fingerprint density at radius 2 is 1.90 bits per heavy atom. The molecule has 0 spiro atoms. The molecule has 0 bridgehead atoms. The molecule has 0 N–H and O–H groups in total. The molecule has 0 saturated heterocycles. The van der Waals surface area contributed by atoms with Gasteiger partial charge in [-0.2, -0.15) is 0 Å². The van der Waals surface area contributed by atoms with Gasteiger partial charge in [0.25, 0.3) is 0 Å². The van der Waals surface area contributed by atoms with Crippen LogP contribution in [-0.2, 0) is 11.2 Å². The standard InChI is InChI=1S/C16H13NO3/c1-19-16(18)12-8-6-11(7-9-12)10-15-17-13-4-2-3-5-14(13)20-15/h2-9H,10H2,1H3. The van der Waals surface area contributed by atoms with Gasteiger partial charge in [-0.05, 0) is 29.8 Å². The van der Waals surface area contributed by atoms with Crippen molar-refractivity contribution in [3.8, 4) is 0 Å². The molecule has 0 fully saturated rings. The van der Waals surface area contributed by atoms with Crippen LogP contribution < -0.4 is 0 Å². The second kappa shape index (κ2) is 5.17. The molecule has 2 aromatic carbocycles. The maximum Gasteiger partial charge on any atom is 0.337 e. The van der Waals surface area contributed by atoms with Crippen molar-refractivity contribution in [2.45, 2.75) is 6.42 Å². The molecule has 0 aliphatic heterocycles. The van der Waals surface area contributed by atoms with Crippen LogP contribution in [0.25, 0.3) is 11.1 Å². The lowest BCUT2D eigenvalue weighted by atomic mass is 10.1. The summed E-state index contributed by atoms with van der Waals surface area (Å²) in [7, 11) is 1.37. The first kappa shape index (κ1) is 12.4. The summed E-state index contributed by atoms with van der Waals surface area (Å²) in [6, 6.07) is 14.9. The monoisotopic (exact) mass is 267 g/mol. The fourth-order valence-electron chi connectivity index (χ4n) is 2.05. The number of hydrogen-bond acceptors (Lipinski definition) is 4. The Hall–Kier alpha value is -2.62. The number of methoxy groups -OCH3 is 1. The highest BCUT2D eigenvalue weighted by Gasteiger charge is 2.08. The molecule has 4 nitrogen and oxygen atoms in total. The molecule has 1 aromatic heterocycles. The van der Waals surface area contributed by atoms with E-state index in [1.54, 1.807) is 12.1 Å². The Morgan fingerprint density at radius 3 is 2.60 bits per heavy atom. The number of carbonyl (C=O) groups excluding carboxylic acids is 1. The van der Waals surface area contributed by atoms with E-state index < -0.39 is 0 Å². The van der Waals surface area contributed by atoms with Crippen molar-refractivity contribution in [3.05, 3.63) is 65.5 Å². The maximum atomic E-state index is 11.3. The number of benzene rings is 2. The van der Waals surface area contributed by atoms with Crippen LogP contribution in [0.15, 0.2) is 52.9 Å². The molecular weight excluding hydrogens is 254 g/mol. The minimum atomic E-state index is -0.335. The summed E-state index contributed by atoms with van der Waals surface area (Å²) in [4.78, 5) is 15.8. The van der Waals surface area contributed by atoms with Crippen molar-refractivity contribution >= 4 is 17.1 Å². The van der Waals surface area contributed by atoms with Gasteiger partial charge in [-0.3, -0.25) is 0 Å². The van der Waals surface area contributed by atoms with Crippen molar-refractivity contribution in [1.29, 1.82) is 0 Å². The Balaban J connectivity index is 1.82. The highest BCUT2D eigenvalue weighted by Crippen LogP contribution is 2.17. The Labute approximate surface area is 116 Å². The van der Waals surface area contributed by atoms with E-state index in [0.717, 1.165) is 16.7 Å². The average molecular weight is 267 g/mol. The van der Waals surface area contributed by atoms with Gasteiger partial charge in [-0.15, -0.1) is 0 Å². The second-order valence-electron chi connectivity index (χ2n) is 4.44. The molecule has 3 rings (SSSR count). The normalized spacial score (nSPS) is 10.7. The van der Waals surface area contributed by atoms with Gasteiger partial charge >= 0.3 is 5.97 Å². The summed E-state index contributed by atoms with van der Waals surface area (Å²) in [6.07, 6.45) is 0.593. The molecule has 0 unspecified atom stereocenters. The molecule has 100 valence electrons. The highest BCUT2D eigenvalue weighted by molar-refractivity contribution is 5.89. The summed E-state index contributed by atoms with van der Waals surface area (Å²) in [5.74, 6) is 0.329.